The van der Waals surface area contributed by atoms with Gasteiger partial charge in [0.25, 0.3) is 5.91 Å². The van der Waals surface area contributed by atoms with E-state index in [1.54, 1.807) is 31.5 Å². The number of ether oxygens (including phenoxy) is 1. The highest BCUT2D eigenvalue weighted by Gasteiger charge is 2.21. The van der Waals surface area contributed by atoms with Crippen LogP contribution < -0.4 is 9.75 Å². The second kappa shape index (κ2) is 10.5. The molecule has 0 spiro atoms. The Morgan fingerprint density at radius 3 is 2.42 bits per heavy atom. The van der Waals surface area contributed by atoms with Crippen LogP contribution in [-0.2, 0) is 6.42 Å². The number of fused-ring (bicyclic) bond motifs is 1. The number of anilines is 1. The molecular weight excluding hydrogens is 473 g/mol. The SMILES string of the molecule is COc1ccc(/C=N/N(C(=O)c2ccc(Cc3ccccc3)cc2)c2nc3ccc(F)cc3s2)cc1. The molecule has 0 fully saturated rings. The number of hydrazone groups is 1. The summed E-state index contributed by atoms with van der Waals surface area (Å²) in [5.74, 6) is 0.0424. The van der Waals surface area contributed by atoms with Gasteiger partial charge in [-0.15, -0.1) is 0 Å². The Morgan fingerprint density at radius 1 is 0.972 bits per heavy atom. The van der Waals surface area contributed by atoms with Crippen molar-refractivity contribution in [2.75, 3.05) is 12.1 Å². The minimum Gasteiger partial charge on any atom is -0.497 e. The van der Waals surface area contributed by atoms with Gasteiger partial charge in [-0.05, 0) is 77.7 Å². The van der Waals surface area contributed by atoms with Crippen LogP contribution >= 0.6 is 11.3 Å². The lowest BCUT2D eigenvalue weighted by molar-refractivity contribution is 0.0988. The highest BCUT2D eigenvalue weighted by molar-refractivity contribution is 7.22. The maximum Gasteiger partial charge on any atom is 0.280 e. The highest BCUT2D eigenvalue weighted by atomic mass is 32.1. The zero-order valence-electron chi connectivity index (χ0n) is 19.5. The van der Waals surface area contributed by atoms with E-state index in [9.17, 15) is 9.18 Å². The van der Waals surface area contributed by atoms with Crippen LogP contribution in [0.1, 0.15) is 27.0 Å². The second-order valence-corrected chi connectivity index (χ2v) is 9.11. The van der Waals surface area contributed by atoms with E-state index in [1.807, 2.05) is 54.6 Å². The number of rotatable bonds is 7. The number of halogens is 1. The Bertz CT molecular complexity index is 1510. The van der Waals surface area contributed by atoms with Crippen molar-refractivity contribution in [3.63, 3.8) is 0 Å². The molecule has 0 saturated heterocycles. The maximum atomic E-state index is 13.8. The summed E-state index contributed by atoms with van der Waals surface area (Å²) in [6.07, 6.45) is 2.37. The number of aromatic nitrogens is 1. The van der Waals surface area contributed by atoms with E-state index in [2.05, 4.69) is 22.2 Å². The predicted molar refractivity (Wildman–Crippen MR) is 143 cm³/mol. The van der Waals surface area contributed by atoms with Crippen LogP contribution in [-0.4, -0.2) is 24.2 Å². The van der Waals surface area contributed by atoms with Crippen LogP contribution in [0.3, 0.4) is 0 Å². The van der Waals surface area contributed by atoms with E-state index in [1.165, 1.54) is 34.0 Å². The molecule has 0 N–H and O–H groups in total. The average molecular weight is 496 g/mol. The van der Waals surface area contributed by atoms with E-state index in [-0.39, 0.29) is 11.7 Å². The summed E-state index contributed by atoms with van der Waals surface area (Å²) >= 11 is 1.21. The average Bonchev–Trinajstić information content (AvgIpc) is 3.33. The van der Waals surface area contributed by atoms with Gasteiger partial charge in [0.15, 0.2) is 0 Å². The molecule has 0 saturated carbocycles. The Labute approximate surface area is 212 Å². The molecule has 5 nitrogen and oxygen atoms in total. The van der Waals surface area contributed by atoms with Crippen molar-refractivity contribution in [3.8, 4) is 5.75 Å². The lowest BCUT2D eigenvalue weighted by Crippen LogP contribution is -2.25. The van der Waals surface area contributed by atoms with Gasteiger partial charge in [-0.2, -0.15) is 10.1 Å². The number of carbonyl (C=O) groups excluding carboxylic acids is 1. The monoisotopic (exact) mass is 495 g/mol. The van der Waals surface area contributed by atoms with Crippen molar-refractivity contribution in [2.45, 2.75) is 6.42 Å². The number of carbonyl (C=O) groups is 1. The third kappa shape index (κ3) is 5.31. The summed E-state index contributed by atoms with van der Waals surface area (Å²) in [7, 11) is 1.60. The molecule has 0 bridgehead atoms. The first-order valence-corrected chi connectivity index (χ1v) is 12.1. The summed E-state index contributed by atoms with van der Waals surface area (Å²) in [4.78, 5) is 18.1. The molecule has 0 aliphatic rings. The maximum absolute atomic E-state index is 13.8. The summed E-state index contributed by atoms with van der Waals surface area (Å²) in [6.45, 7) is 0. The van der Waals surface area contributed by atoms with Gasteiger partial charge in [-0.1, -0.05) is 53.8 Å². The van der Waals surface area contributed by atoms with Crippen LogP contribution in [0.2, 0.25) is 0 Å². The van der Waals surface area contributed by atoms with Gasteiger partial charge >= 0.3 is 0 Å². The van der Waals surface area contributed by atoms with E-state index >= 15 is 0 Å². The van der Waals surface area contributed by atoms with E-state index in [0.29, 0.717) is 20.9 Å². The molecule has 5 rings (SSSR count). The van der Waals surface area contributed by atoms with Crippen molar-refractivity contribution in [3.05, 3.63) is 125 Å². The first kappa shape index (κ1) is 23.4. The number of methoxy groups -OCH3 is 1. The molecule has 178 valence electrons. The van der Waals surface area contributed by atoms with E-state index < -0.39 is 0 Å². The smallest absolute Gasteiger partial charge is 0.280 e. The van der Waals surface area contributed by atoms with Crippen molar-refractivity contribution < 1.29 is 13.9 Å². The van der Waals surface area contributed by atoms with Crippen molar-refractivity contribution in [1.29, 1.82) is 0 Å². The van der Waals surface area contributed by atoms with E-state index in [4.69, 9.17) is 4.74 Å². The fourth-order valence-corrected chi connectivity index (χ4v) is 4.65. The molecule has 0 aliphatic heterocycles. The van der Waals surface area contributed by atoms with Crippen molar-refractivity contribution in [2.24, 2.45) is 5.10 Å². The first-order valence-electron chi connectivity index (χ1n) is 11.3. The topological polar surface area (TPSA) is 54.8 Å². The van der Waals surface area contributed by atoms with Crippen LogP contribution in [0.15, 0.2) is 102 Å². The quantitative estimate of drug-likeness (QED) is 0.186. The summed E-state index contributed by atoms with van der Waals surface area (Å²) < 4.78 is 19.6. The highest BCUT2D eigenvalue weighted by Crippen LogP contribution is 2.30. The largest absolute Gasteiger partial charge is 0.497 e. The fourth-order valence-electron chi connectivity index (χ4n) is 3.70. The molecular formula is C29H22FN3O2S. The lowest BCUT2D eigenvalue weighted by Gasteiger charge is -2.14. The van der Waals surface area contributed by atoms with Gasteiger partial charge in [-0.3, -0.25) is 4.79 Å². The second-order valence-electron chi connectivity index (χ2n) is 8.10. The standard InChI is InChI=1S/C29H22FN3O2S/c1-35-25-14-9-22(10-15-25)19-31-33(29-32-26-16-13-24(30)18-27(26)36-29)28(34)23-11-7-21(8-12-23)17-20-5-3-2-4-6-20/h2-16,18-19H,17H2,1H3/b31-19+. The normalized spacial score (nSPS) is 11.2. The molecule has 0 atom stereocenters. The molecule has 7 heteroatoms. The van der Waals surface area contributed by atoms with Crippen molar-refractivity contribution in [1.82, 2.24) is 4.98 Å². The number of amides is 1. The molecule has 4 aromatic carbocycles. The van der Waals surface area contributed by atoms with Crippen LogP contribution in [0.25, 0.3) is 10.2 Å². The zero-order chi connectivity index (χ0) is 24.9. The van der Waals surface area contributed by atoms with Gasteiger partial charge in [0.05, 0.1) is 23.5 Å². The summed E-state index contributed by atoms with van der Waals surface area (Å²) in [6, 6.07) is 29.3. The molecule has 0 aliphatic carbocycles. The third-order valence-corrected chi connectivity index (χ3v) is 6.60. The molecule has 1 amide bonds. The Balaban J connectivity index is 1.45. The number of hydrogen-bond donors (Lipinski definition) is 0. The third-order valence-electron chi connectivity index (χ3n) is 5.60. The lowest BCUT2D eigenvalue weighted by atomic mass is 10.0. The Hall–Kier alpha value is -4.36. The van der Waals surface area contributed by atoms with Gasteiger partial charge < -0.3 is 4.74 Å². The zero-order valence-corrected chi connectivity index (χ0v) is 20.3. The van der Waals surface area contributed by atoms with Gasteiger partial charge in [0, 0.05) is 5.56 Å². The summed E-state index contributed by atoms with van der Waals surface area (Å²) in [5, 5.41) is 6.10. The fraction of sp³-hybridized carbons (Fsp3) is 0.0690. The number of thiazole rings is 1. The van der Waals surface area contributed by atoms with Crippen molar-refractivity contribution >= 4 is 38.8 Å². The molecule has 0 unspecified atom stereocenters. The molecule has 0 radical (unpaired) electrons. The van der Waals surface area contributed by atoms with Crippen LogP contribution in [0.4, 0.5) is 9.52 Å². The van der Waals surface area contributed by atoms with E-state index in [0.717, 1.165) is 23.3 Å². The molecule has 36 heavy (non-hydrogen) atoms. The van der Waals surface area contributed by atoms with Gasteiger partial charge in [0.2, 0.25) is 5.13 Å². The van der Waals surface area contributed by atoms with Crippen LogP contribution in [0.5, 0.6) is 5.75 Å². The number of hydrogen-bond acceptors (Lipinski definition) is 5. The Kier molecular flexibility index (Phi) is 6.82. The molecule has 1 aromatic heterocycles. The van der Waals surface area contributed by atoms with Gasteiger partial charge in [0.1, 0.15) is 11.6 Å². The first-order chi connectivity index (χ1) is 17.6. The number of benzene rings is 4. The van der Waals surface area contributed by atoms with Gasteiger partial charge in [-0.25, -0.2) is 9.37 Å². The molecule has 1 heterocycles. The van der Waals surface area contributed by atoms with Crippen LogP contribution in [0, 0.1) is 5.82 Å². The minimum atomic E-state index is -0.355. The summed E-state index contributed by atoms with van der Waals surface area (Å²) in [5.41, 5.74) is 4.17. The predicted octanol–water partition coefficient (Wildman–Crippen LogP) is 6.72. The Morgan fingerprint density at radius 2 is 1.69 bits per heavy atom. The number of nitrogens with zero attached hydrogens (tertiary/aromatic N) is 3. The molecule has 5 aromatic rings. The minimum absolute atomic E-state index is 0.328.